The van der Waals surface area contributed by atoms with Crippen molar-refractivity contribution < 1.29 is 19.4 Å². The van der Waals surface area contributed by atoms with Crippen molar-refractivity contribution in [3.05, 3.63) is 28.7 Å². The zero-order chi connectivity index (χ0) is 16.1. The second-order valence-electron chi connectivity index (χ2n) is 4.52. The van der Waals surface area contributed by atoms with E-state index in [1.165, 1.54) is 16.7 Å². The summed E-state index contributed by atoms with van der Waals surface area (Å²) in [4.78, 5) is 14.4. The molecule has 1 aliphatic heterocycles. The fourth-order valence-corrected chi connectivity index (χ4v) is 3.32. The van der Waals surface area contributed by atoms with Crippen LogP contribution in [0.1, 0.15) is 12.0 Å². The first kappa shape index (κ1) is 16.8. The first-order valence-electron chi connectivity index (χ1n) is 6.69. The molecule has 0 unspecified atom stereocenters. The Morgan fingerprint density at radius 1 is 1.32 bits per heavy atom. The number of thiocarbonyl (C=S) groups is 1. The van der Waals surface area contributed by atoms with Crippen LogP contribution in [-0.4, -0.2) is 47.6 Å². The van der Waals surface area contributed by atoms with Crippen LogP contribution in [-0.2, 0) is 4.79 Å². The van der Waals surface area contributed by atoms with E-state index in [-0.39, 0.29) is 12.5 Å². The molecule has 5 nitrogen and oxygen atoms in total. The number of benzene rings is 1. The van der Waals surface area contributed by atoms with Gasteiger partial charge in [-0.25, -0.2) is 0 Å². The van der Waals surface area contributed by atoms with Crippen molar-refractivity contribution in [2.75, 3.05) is 27.4 Å². The van der Waals surface area contributed by atoms with Gasteiger partial charge in [-0.05, 0) is 30.2 Å². The highest BCUT2D eigenvalue weighted by Crippen LogP contribution is 2.34. The van der Waals surface area contributed by atoms with Gasteiger partial charge < -0.3 is 14.6 Å². The maximum absolute atomic E-state index is 12.3. The van der Waals surface area contributed by atoms with Crippen molar-refractivity contribution in [1.29, 1.82) is 0 Å². The third kappa shape index (κ3) is 3.60. The Labute approximate surface area is 138 Å². The van der Waals surface area contributed by atoms with E-state index in [1.807, 2.05) is 6.07 Å². The van der Waals surface area contributed by atoms with E-state index in [2.05, 4.69) is 0 Å². The molecule has 0 saturated carbocycles. The van der Waals surface area contributed by atoms with Crippen molar-refractivity contribution in [3.63, 3.8) is 0 Å². The van der Waals surface area contributed by atoms with Crippen molar-refractivity contribution in [2.45, 2.75) is 6.42 Å². The number of hydrogen-bond donors (Lipinski definition) is 1. The van der Waals surface area contributed by atoms with E-state index in [0.29, 0.717) is 33.7 Å². The lowest BCUT2D eigenvalue weighted by Gasteiger charge is -2.12. The molecule has 0 bridgehead atoms. The number of ether oxygens (including phenoxy) is 2. The van der Waals surface area contributed by atoms with E-state index in [9.17, 15) is 4.79 Å². The van der Waals surface area contributed by atoms with Crippen LogP contribution in [0.4, 0.5) is 0 Å². The SMILES string of the molecule is COc1ccc(/C=C2\SC(=S)N(CCCO)C2=O)cc1OC. The fraction of sp³-hybridized carbons (Fsp3) is 0.333. The highest BCUT2D eigenvalue weighted by atomic mass is 32.2. The molecule has 22 heavy (non-hydrogen) atoms. The summed E-state index contributed by atoms with van der Waals surface area (Å²) in [5.74, 6) is 1.11. The van der Waals surface area contributed by atoms with Crippen molar-refractivity contribution in [3.8, 4) is 11.5 Å². The van der Waals surface area contributed by atoms with Gasteiger partial charge in [0.1, 0.15) is 4.32 Å². The van der Waals surface area contributed by atoms with Crippen LogP contribution in [0.25, 0.3) is 6.08 Å². The summed E-state index contributed by atoms with van der Waals surface area (Å²) in [6.07, 6.45) is 2.29. The average Bonchev–Trinajstić information content (AvgIpc) is 2.79. The van der Waals surface area contributed by atoms with Crippen LogP contribution in [0, 0.1) is 0 Å². The Hall–Kier alpha value is -1.57. The molecule has 7 heteroatoms. The molecule has 0 radical (unpaired) electrons. The molecule has 1 aromatic rings. The van der Waals surface area contributed by atoms with Gasteiger partial charge in [-0.2, -0.15) is 0 Å². The standard InChI is InChI=1S/C15H17NO4S2/c1-19-11-5-4-10(8-12(11)20-2)9-13-14(18)16(6-3-7-17)15(21)22-13/h4-5,8-9,17H,3,6-7H2,1-2H3/b13-9-. The van der Waals surface area contributed by atoms with Gasteiger partial charge in [0.2, 0.25) is 0 Å². The van der Waals surface area contributed by atoms with Crippen molar-refractivity contribution in [2.24, 2.45) is 0 Å². The van der Waals surface area contributed by atoms with Gasteiger partial charge in [0.05, 0.1) is 19.1 Å². The summed E-state index contributed by atoms with van der Waals surface area (Å²) < 4.78 is 11.0. The summed E-state index contributed by atoms with van der Waals surface area (Å²) >= 11 is 6.48. The molecule has 1 saturated heterocycles. The molecule has 1 amide bonds. The number of hydrogen-bond acceptors (Lipinski definition) is 6. The van der Waals surface area contributed by atoms with Gasteiger partial charge in [0.15, 0.2) is 11.5 Å². The average molecular weight is 339 g/mol. The van der Waals surface area contributed by atoms with Crippen LogP contribution >= 0.6 is 24.0 Å². The van der Waals surface area contributed by atoms with Crippen LogP contribution in [0.3, 0.4) is 0 Å². The van der Waals surface area contributed by atoms with Crippen LogP contribution in [0.5, 0.6) is 11.5 Å². The van der Waals surface area contributed by atoms with Gasteiger partial charge >= 0.3 is 0 Å². The lowest BCUT2D eigenvalue weighted by Crippen LogP contribution is -2.29. The molecule has 118 valence electrons. The van der Waals surface area contributed by atoms with Crippen molar-refractivity contribution in [1.82, 2.24) is 4.90 Å². The summed E-state index contributed by atoms with van der Waals surface area (Å²) in [5.41, 5.74) is 0.834. The van der Waals surface area contributed by atoms with Gasteiger partial charge in [-0.1, -0.05) is 30.0 Å². The minimum absolute atomic E-state index is 0.0335. The third-order valence-electron chi connectivity index (χ3n) is 3.12. The lowest BCUT2D eigenvalue weighted by molar-refractivity contribution is -0.122. The summed E-state index contributed by atoms with van der Waals surface area (Å²) in [7, 11) is 3.14. The number of methoxy groups -OCH3 is 2. The number of carbonyl (C=O) groups is 1. The largest absolute Gasteiger partial charge is 0.493 e. The first-order valence-corrected chi connectivity index (χ1v) is 7.91. The van der Waals surface area contributed by atoms with Gasteiger partial charge in [-0.15, -0.1) is 0 Å². The Morgan fingerprint density at radius 2 is 2.05 bits per heavy atom. The van der Waals surface area contributed by atoms with E-state index in [0.717, 1.165) is 5.56 Å². The molecule has 0 atom stereocenters. The number of carbonyl (C=O) groups excluding carboxylic acids is 1. The molecule has 1 aromatic carbocycles. The van der Waals surface area contributed by atoms with E-state index < -0.39 is 0 Å². The highest BCUT2D eigenvalue weighted by Gasteiger charge is 2.31. The second-order valence-corrected chi connectivity index (χ2v) is 6.20. The maximum atomic E-state index is 12.3. The Morgan fingerprint density at radius 3 is 2.68 bits per heavy atom. The van der Waals surface area contributed by atoms with E-state index in [4.69, 9.17) is 26.8 Å². The molecule has 0 aliphatic carbocycles. The van der Waals surface area contributed by atoms with Crippen molar-refractivity contribution >= 4 is 40.3 Å². The zero-order valence-electron chi connectivity index (χ0n) is 12.4. The minimum atomic E-state index is -0.127. The number of amides is 1. The summed E-state index contributed by atoms with van der Waals surface area (Å²) in [6, 6.07) is 5.44. The normalized spacial score (nSPS) is 16.5. The molecule has 1 fully saturated rings. The van der Waals surface area contributed by atoms with Crippen LogP contribution in [0.15, 0.2) is 23.1 Å². The Bertz CT molecular complexity index is 616. The molecule has 0 spiro atoms. The summed E-state index contributed by atoms with van der Waals surface area (Å²) in [6.45, 7) is 0.468. The minimum Gasteiger partial charge on any atom is -0.493 e. The fourth-order valence-electron chi connectivity index (χ4n) is 2.02. The van der Waals surface area contributed by atoms with Crippen LogP contribution < -0.4 is 9.47 Å². The van der Waals surface area contributed by atoms with E-state index in [1.54, 1.807) is 32.4 Å². The number of aliphatic hydroxyl groups excluding tert-OH is 1. The number of rotatable bonds is 6. The van der Waals surface area contributed by atoms with Gasteiger partial charge in [0, 0.05) is 13.2 Å². The second kappa shape index (κ2) is 7.62. The Balaban J connectivity index is 2.23. The topological polar surface area (TPSA) is 59.0 Å². The van der Waals surface area contributed by atoms with Gasteiger partial charge in [0.25, 0.3) is 5.91 Å². The zero-order valence-corrected chi connectivity index (χ0v) is 14.0. The predicted molar refractivity (Wildman–Crippen MR) is 91.1 cm³/mol. The van der Waals surface area contributed by atoms with E-state index >= 15 is 0 Å². The smallest absolute Gasteiger partial charge is 0.266 e. The Kier molecular flexibility index (Phi) is 5.82. The molecule has 0 aromatic heterocycles. The molecular formula is C15H17NO4S2. The number of nitrogens with zero attached hydrogens (tertiary/aromatic N) is 1. The molecular weight excluding hydrogens is 322 g/mol. The quantitative estimate of drug-likeness (QED) is 0.634. The first-order chi connectivity index (χ1) is 10.6. The predicted octanol–water partition coefficient (Wildman–Crippen LogP) is 2.29. The van der Waals surface area contributed by atoms with Gasteiger partial charge in [-0.3, -0.25) is 9.69 Å². The molecule has 1 heterocycles. The molecule has 1 aliphatic rings. The highest BCUT2D eigenvalue weighted by molar-refractivity contribution is 8.26. The number of aliphatic hydroxyl groups is 1. The lowest BCUT2D eigenvalue weighted by atomic mass is 10.2. The monoisotopic (exact) mass is 339 g/mol. The van der Waals surface area contributed by atoms with Crippen LogP contribution in [0.2, 0.25) is 0 Å². The number of thioether (sulfide) groups is 1. The maximum Gasteiger partial charge on any atom is 0.266 e. The molecule has 2 rings (SSSR count). The third-order valence-corrected chi connectivity index (χ3v) is 4.50. The summed E-state index contributed by atoms with van der Waals surface area (Å²) in [5, 5.41) is 8.88. The molecule has 1 N–H and O–H groups in total.